The fourth-order valence-corrected chi connectivity index (χ4v) is 2.34. The first kappa shape index (κ1) is 12.9. The van der Waals surface area contributed by atoms with E-state index < -0.39 is 18.4 Å². The molecule has 2 aromatic rings. The first-order valence-electron chi connectivity index (χ1n) is 6.22. The Labute approximate surface area is 112 Å². The number of aromatic nitrogens is 4. The number of hydrogen-bond acceptors (Lipinski definition) is 4. The van der Waals surface area contributed by atoms with Crippen LogP contribution < -0.4 is 5.32 Å². The van der Waals surface area contributed by atoms with Crippen LogP contribution >= 0.6 is 0 Å². The molecular weight excluding hydrogens is 271 g/mol. The number of hydrogen-bond donors (Lipinski definition) is 2. The summed E-state index contributed by atoms with van der Waals surface area (Å²) in [5.74, 6) is -3.90. The number of anilines is 1. The predicted molar refractivity (Wildman–Crippen MR) is 65.0 cm³/mol. The first-order chi connectivity index (χ1) is 9.56. The van der Waals surface area contributed by atoms with Crippen molar-refractivity contribution in [2.24, 2.45) is 0 Å². The quantitative estimate of drug-likeness (QED) is 0.843. The highest BCUT2D eigenvalue weighted by atomic mass is 19.3. The van der Waals surface area contributed by atoms with Crippen LogP contribution in [-0.4, -0.2) is 26.7 Å². The third-order valence-electron chi connectivity index (χ3n) is 3.28. The van der Waals surface area contributed by atoms with E-state index in [0.29, 0.717) is 12.0 Å². The first-order valence-corrected chi connectivity index (χ1v) is 6.22. The number of fused-ring (bicyclic) bond motifs is 1. The van der Waals surface area contributed by atoms with Crippen LogP contribution in [-0.2, 0) is 18.8 Å². The van der Waals surface area contributed by atoms with Crippen molar-refractivity contribution in [2.75, 3.05) is 11.9 Å². The number of halogens is 3. The Morgan fingerprint density at radius 3 is 2.95 bits per heavy atom. The molecule has 0 saturated heterocycles. The second-order valence-electron chi connectivity index (χ2n) is 4.67. The van der Waals surface area contributed by atoms with Crippen LogP contribution in [0.15, 0.2) is 12.4 Å². The van der Waals surface area contributed by atoms with Crippen molar-refractivity contribution in [3.05, 3.63) is 35.3 Å². The van der Waals surface area contributed by atoms with Gasteiger partial charge in [0, 0.05) is 17.3 Å². The van der Waals surface area contributed by atoms with Gasteiger partial charge in [0.15, 0.2) is 0 Å². The summed E-state index contributed by atoms with van der Waals surface area (Å²) in [7, 11) is 0. The zero-order valence-electron chi connectivity index (χ0n) is 10.5. The van der Waals surface area contributed by atoms with Crippen LogP contribution in [0.3, 0.4) is 0 Å². The van der Waals surface area contributed by atoms with E-state index in [1.807, 2.05) is 0 Å². The fourth-order valence-electron chi connectivity index (χ4n) is 2.34. The van der Waals surface area contributed by atoms with Gasteiger partial charge in [-0.2, -0.15) is 18.3 Å². The van der Waals surface area contributed by atoms with E-state index >= 15 is 0 Å². The van der Waals surface area contributed by atoms with Gasteiger partial charge in [0.1, 0.15) is 17.8 Å². The number of H-pyrrole nitrogens is 1. The number of aryl methyl sites for hydroxylation is 1. The highest BCUT2D eigenvalue weighted by molar-refractivity contribution is 5.36. The summed E-state index contributed by atoms with van der Waals surface area (Å²) in [5.41, 5.74) is 1.16. The Morgan fingerprint density at radius 1 is 1.30 bits per heavy atom. The van der Waals surface area contributed by atoms with Crippen LogP contribution in [0.4, 0.5) is 19.0 Å². The van der Waals surface area contributed by atoms with Crippen molar-refractivity contribution in [2.45, 2.75) is 25.2 Å². The van der Waals surface area contributed by atoms with Gasteiger partial charge in [-0.1, -0.05) is 0 Å². The summed E-state index contributed by atoms with van der Waals surface area (Å²) in [5, 5.41) is 8.78. The van der Waals surface area contributed by atoms with Gasteiger partial charge in [-0.3, -0.25) is 5.10 Å². The summed E-state index contributed by atoms with van der Waals surface area (Å²) < 4.78 is 41.1. The maximum Gasteiger partial charge on any atom is 0.308 e. The number of alkyl halides is 2. The zero-order chi connectivity index (χ0) is 14.2. The molecule has 0 radical (unpaired) electrons. The molecule has 20 heavy (non-hydrogen) atoms. The number of nitrogens with one attached hydrogen (secondary N) is 2. The molecular formula is C12H12F3N5. The third-order valence-corrected chi connectivity index (χ3v) is 3.28. The van der Waals surface area contributed by atoms with E-state index in [9.17, 15) is 13.2 Å². The average molecular weight is 283 g/mol. The minimum Gasteiger partial charge on any atom is -0.363 e. The van der Waals surface area contributed by atoms with Crippen molar-refractivity contribution in [1.29, 1.82) is 0 Å². The van der Waals surface area contributed by atoms with E-state index in [1.54, 1.807) is 0 Å². The molecule has 2 aromatic heterocycles. The van der Waals surface area contributed by atoms with Gasteiger partial charge in [-0.15, -0.1) is 0 Å². The predicted octanol–water partition coefficient (Wildman–Crippen LogP) is 2.03. The topological polar surface area (TPSA) is 66.5 Å². The number of nitrogens with zero attached hydrogens (tertiary/aromatic N) is 3. The second-order valence-corrected chi connectivity index (χ2v) is 4.67. The van der Waals surface area contributed by atoms with E-state index in [4.69, 9.17) is 0 Å². The summed E-state index contributed by atoms with van der Waals surface area (Å²) in [4.78, 5) is 6.93. The molecule has 0 fully saturated rings. The highest BCUT2D eigenvalue weighted by Crippen LogP contribution is 2.34. The fraction of sp³-hybridized carbons (Fsp3) is 0.417. The van der Waals surface area contributed by atoms with Crippen LogP contribution in [0.2, 0.25) is 0 Å². The van der Waals surface area contributed by atoms with Gasteiger partial charge in [0.05, 0.1) is 6.54 Å². The van der Waals surface area contributed by atoms with Crippen molar-refractivity contribution in [3.63, 3.8) is 0 Å². The Bertz CT molecular complexity index is 625. The van der Waals surface area contributed by atoms with Crippen molar-refractivity contribution >= 4 is 5.82 Å². The molecule has 0 unspecified atom stereocenters. The van der Waals surface area contributed by atoms with Gasteiger partial charge in [0.25, 0.3) is 0 Å². The summed E-state index contributed by atoms with van der Waals surface area (Å²) in [6, 6.07) is 0.963. The van der Waals surface area contributed by atoms with Gasteiger partial charge in [-0.05, 0) is 19.3 Å². The maximum atomic E-state index is 14.1. The minimum absolute atomic E-state index is 0.0179. The highest BCUT2D eigenvalue weighted by Gasteiger charge is 2.38. The van der Waals surface area contributed by atoms with Crippen molar-refractivity contribution in [3.8, 4) is 0 Å². The van der Waals surface area contributed by atoms with Crippen LogP contribution in [0.1, 0.15) is 23.4 Å². The molecule has 2 heterocycles. The third kappa shape index (κ3) is 2.33. The second kappa shape index (κ2) is 4.77. The molecule has 0 atom stereocenters. The zero-order valence-corrected chi connectivity index (χ0v) is 10.5. The van der Waals surface area contributed by atoms with E-state index in [1.165, 1.54) is 0 Å². The lowest BCUT2D eigenvalue weighted by atomic mass is 10.1. The monoisotopic (exact) mass is 283 g/mol. The smallest absolute Gasteiger partial charge is 0.308 e. The lowest BCUT2D eigenvalue weighted by Gasteiger charge is -2.16. The van der Waals surface area contributed by atoms with E-state index in [0.717, 1.165) is 30.9 Å². The molecule has 0 bridgehead atoms. The largest absolute Gasteiger partial charge is 0.363 e. The van der Waals surface area contributed by atoms with Crippen LogP contribution in [0, 0.1) is 5.95 Å². The lowest BCUT2D eigenvalue weighted by molar-refractivity contribution is 0.00501. The Kier molecular flexibility index (Phi) is 3.07. The number of rotatable bonds is 4. The van der Waals surface area contributed by atoms with Crippen molar-refractivity contribution < 1.29 is 13.2 Å². The molecule has 2 N–H and O–H groups in total. The Balaban J connectivity index is 1.75. The Morgan fingerprint density at radius 2 is 2.15 bits per heavy atom. The molecule has 0 aromatic carbocycles. The molecule has 1 aliphatic rings. The summed E-state index contributed by atoms with van der Waals surface area (Å²) in [6.45, 7) is -0.694. The number of aromatic amines is 1. The summed E-state index contributed by atoms with van der Waals surface area (Å²) in [6.07, 6.45) is 3.20. The normalized spacial score (nSPS) is 14.3. The van der Waals surface area contributed by atoms with E-state index in [2.05, 4.69) is 25.5 Å². The molecule has 0 aliphatic heterocycles. The van der Waals surface area contributed by atoms with Crippen molar-refractivity contribution in [1.82, 2.24) is 20.2 Å². The van der Waals surface area contributed by atoms with Gasteiger partial charge in [0.2, 0.25) is 5.95 Å². The molecule has 1 aliphatic carbocycles. The van der Waals surface area contributed by atoms with Crippen LogP contribution in [0.5, 0.6) is 0 Å². The molecule has 0 spiro atoms. The standard InChI is InChI=1S/C12H12F3N5/c13-9-4-10(18-6-17-9)16-5-12(14,15)11-7-2-1-3-8(7)19-20-11/h4,6H,1-3,5H2,(H,19,20)(H,16,17,18). The van der Waals surface area contributed by atoms with Gasteiger partial charge in [-0.25, -0.2) is 9.97 Å². The molecule has 3 rings (SSSR count). The van der Waals surface area contributed by atoms with Gasteiger partial charge >= 0.3 is 5.92 Å². The average Bonchev–Trinajstić information content (AvgIpc) is 2.98. The molecule has 106 valence electrons. The molecule has 5 nitrogen and oxygen atoms in total. The SMILES string of the molecule is Fc1cc(NCC(F)(F)c2n[nH]c3c2CCC3)ncn1. The lowest BCUT2D eigenvalue weighted by Crippen LogP contribution is -2.26. The maximum absolute atomic E-state index is 14.1. The van der Waals surface area contributed by atoms with E-state index in [-0.39, 0.29) is 11.5 Å². The molecule has 8 heteroatoms. The van der Waals surface area contributed by atoms with Crippen LogP contribution in [0.25, 0.3) is 0 Å². The van der Waals surface area contributed by atoms with Gasteiger partial charge < -0.3 is 5.32 Å². The molecule has 0 saturated carbocycles. The Hall–Kier alpha value is -2.12. The summed E-state index contributed by atoms with van der Waals surface area (Å²) >= 11 is 0. The minimum atomic E-state index is -3.14. The molecule has 0 amide bonds.